The molecule has 2 aromatic carbocycles. The van der Waals surface area contributed by atoms with Gasteiger partial charge in [0.15, 0.2) is 0 Å². The Kier molecular flexibility index (Phi) is 8.62. The van der Waals surface area contributed by atoms with Crippen LogP contribution in [0.5, 0.6) is 5.75 Å². The van der Waals surface area contributed by atoms with Crippen LogP contribution in [0.3, 0.4) is 0 Å². The van der Waals surface area contributed by atoms with E-state index >= 15 is 0 Å². The number of amides is 2. The van der Waals surface area contributed by atoms with Crippen molar-refractivity contribution in [3.63, 3.8) is 0 Å². The fourth-order valence-corrected chi connectivity index (χ4v) is 2.71. The van der Waals surface area contributed by atoms with Crippen molar-refractivity contribution in [1.29, 1.82) is 0 Å². The minimum Gasteiger partial charge on any atom is -0.497 e. The number of ether oxygens (including phenoxy) is 1. The molecule has 0 aliphatic rings. The van der Waals surface area contributed by atoms with Crippen molar-refractivity contribution in [2.24, 2.45) is 0 Å². The van der Waals surface area contributed by atoms with E-state index in [1.807, 2.05) is 13.0 Å². The third-order valence-electron chi connectivity index (χ3n) is 4.41. The molecule has 0 aromatic heterocycles. The number of methoxy groups -OCH3 is 1. The highest BCUT2D eigenvalue weighted by Gasteiger charge is 2.22. The molecule has 0 saturated carbocycles. The Labute approximate surface area is 175 Å². The topological polar surface area (TPSA) is 105 Å². The van der Waals surface area contributed by atoms with Crippen molar-refractivity contribution in [1.82, 2.24) is 10.6 Å². The zero-order chi connectivity index (χ0) is 21.9. The lowest BCUT2D eigenvalue weighted by molar-refractivity contribution is -0.141. The number of carboxylic acid groups (broad SMARTS) is 1. The Morgan fingerprint density at radius 2 is 1.73 bits per heavy atom. The number of carbonyl (C=O) groups is 3. The maximum absolute atomic E-state index is 12.8. The van der Waals surface area contributed by atoms with Crippen molar-refractivity contribution in [2.75, 3.05) is 7.11 Å². The van der Waals surface area contributed by atoms with Crippen LogP contribution in [0.2, 0.25) is 0 Å². The number of aliphatic carboxylic acids is 1. The fraction of sp³-hybridized carbons (Fsp3) is 0.261. The number of carbonyl (C=O) groups excluding carboxylic acids is 2. The lowest BCUT2D eigenvalue weighted by Crippen LogP contribution is -2.44. The number of hydrogen-bond acceptors (Lipinski definition) is 4. The summed E-state index contributed by atoms with van der Waals surface area (Å²) in [5, 5.41) is 14.5. The van der Waals surface area contributed by atoms with Crippen LogP contribution < -0.4 is 15.4 Å². The molecule has 0 aliphatic carbocycles. The van der Waals surface area contributed by atoms with Gasteiger partial charge in [0.2, 0.25) is 0 Å². The summed E-state index contributed by atoms with van der Waals surface area (Å²) < 4.78 is 5.08. The van der Waals surface area contributed by atoms with Crippen LogP contribution in [0.25, 0.3) is 6.08 Å². The van der Waals surface area contributed by atoms with E-state index in [0.717, 1.165) is 6.42 Å². The molecule has 0 saturated heterocycles. The maximum atomic E-state index is 12.8. The van der Waals surface area contributed by atoms with E-state index in [2.05, 4.69) is 10.6 Å². The van der Waals surface area contributed by atoms with Gasteiger partial charge in [-0.05, 0) is 42.3 Å². The quantitative estimate of drug-likeness (QED) is 0.522. The second-order valence-corrected chi connectivity index (χ2v) is 6.66. The summed E-state index contributed by atoms with van der Waals surface area (Å²) in [6.45, 7) is 1.94. The van der Waals surface area contributed by atoms with Gasteiger partial charge in [-0.2, -0.15) is 0 Å². The Balaban J connectivity index is 2.25. The smallest absolute Gasteiger partial charge is 0.326 e. The lowest BCUT2D eigenvalue weighted by Gasteiger charge is -2.16. The number of nitrogens with one attached hydrogen (secondary N) is 2. The largest absolute Gasteiger partial charge is 0.497 e. The lowest BCUT2D eigenvalue weighted by atomic mass is 10.1. The Bertz CT molecular complexity index is 892. The highest BCUT2D eigenvalue weighted by Crippen LogP contribution is 2.13. The summed E-state index contributed by atoms with van der Waals surface area (Å²) in [5.74, 6) is -1.67. The molecule has 0 radical (unpaired) electrons. The molecule has 30 heavy (non-hydrogen) atoms. The molecule has 1 atom stereocenters. The van der Waals surface area contributed by atoms with E-state index in [4.69, 9.17) is 4.74 Å². The predicted octanol–water partition coefficient (Wildman–Crippen LogP) is 3.23. The first-order valence-corrected chi connectivity index (χ1v) is 9.70. The molecule has 158 valence electrons. The summed E-state index contributed by atoms with van der Waals surface area (Å²) in [6, 6.07) is 14.4. The highest BCUT2D eigenvalue weighted by atomic mass is 16.5. The Morgan fingerprint density at radius 1 is 1.07 bits per heavy atom. The molecule has 2 amide bonds. The predicted molar refractivity (Wildman–Crippen MR) is 114 cm³/mol. The van der Waals surface area contributed by atoms with E-state index in [1.54, 1.807) is 48.5 Å². The number of benzene rings is 2. The molecular formula is C23H26N2O5. The minimum absolute atomic E-state index is 0.0373. The Morgan fingerprint density at radius 3 is 2.30 bits per heavy atom. The first kappa shape index (κ1) is 22.7. The van der Waals surface area contributed by atoms with E-state index in [-0.39, 0.29) is 5.70 Å². The van der Waals surface area contributed by atoms with Crippen molar-refractivity contribution >= 4 is 23.9 Å². The molecule has 0 aliphatic heterocycles. The molecule has 0 unspecified atom stereocenters. The molecule has 3 N–H and O–H groups in total. The third kappa shape index (κ3) is 6.77. The SMILES string of the molecule is CCCC[C@H](NC(=O)/C(=C/c1ccccc1)NC(=O)c1ccc(OC)cc1)C(=O)O. The molecule has 7 heteroatoms. The van der Waals surface area contributed by atoms with Crippen molar-refractivity contribution in [3.8, 4) is 5.75 Å². The normalized spacial score (nSPS) is 12.0. The van der Waals surface area contributed by atoms with Crippen LogP contribution in [0.15, 0.2) is 60.3 Å². The summed E-state index contributed by atoms with van der Waals surface area (Å²) in [5.41, 5.74) is 0.992. The summed E-state index contributed by atoms with van der Waals surface area (Å²) in [4.78, 5) is 37.0. The van der Waals surface area contributed by atoms with Gasteiger partial charge in [-0.25, -0.2) is 4.79 Å². The van der Waals surface area contributed by atoms with Crippen LogP contribution in [0.1, 0.15) is 42.1 Å². The summed E-state index contributed by atoms with van der Waals surface area (Å²) in [6.07, 6.45) is 3.28. The van der Waals surface area contributed by atoms with Gasteiger partial charge in [0.1, 0.15) is 17.5 Å². The zero-order valence-electron chi connectivity index (χ0n) is 17.1. The standard InChI is InChI=1S/C23H26N2O5/c1-3-4-10-19(23(28)29)24-22(27)20(15-16-8-6-5-7-9-16)25-21(26)17-11-13-18(30-2)14-12-17/h5-9,11-15,19H,3-4,10H2,1-2H3,(H,24,27)(H,25,26)(H,28,29)/b20-15-/t19-/m0/s1. The van der Waals surface area contributed by atoms with Gasteiger partial charge in [-0.3, -0.25) is 9.59 Å². The molecule has 2 rings (SSSR count). The fourth-order valence-electron chi connectivity index (χ4n) is 2.71. The van der Waals surface area contributed by atoms with Crippen molar-refractivity contribution in [3.05, 3.63) is 71.4 Å². The van der Waals surface area contributed by atoms with Crippen molar-refractivity contribution in [2.45, 2.75) is 32.2 Å². The molecule has 0 heterocycles. The molecule has 0 fully saturated rings. The number of unbranched alkanes of at least 4 members (excludes halogenated alkanes) is 1. The summed E-state index contributed by atoms with van der Waals surface area (Å²) in [7, 11) is 1.53. The molecule has 0 bridgehead atoms. The minimum atomic E-state index is -1.11. The molecular weight excluding hydrogens is 384 g/mol. The van der Waals surface area contributed by atoms with Crippen LogP contribution in [0.4, 0.5) is 0 Å². The molecule has 2 aromatic rings. The number of carboxylic acids is 1. The van der Waals surface area contributed by atoms with Gasteiger partial charge in [0, 0.05) is 5.56 Å². The first-order chi connectivity index (χ1) is 14.4. The van der Waals surface area contributed by atoms with E-state index in [1.165, 1.54) is 13.2 Å². The number of hydrogen-bond donors (Lipinski definition) is 3. The van der Waals surface area contributed by atoms with Crippen LogP contribution in [0, 0.1) is 0 Å². The van der Waals surface area contributed by atoms with Gasteiger partial charge < -0.3 is 20.5 Å². The van der Waals surface area contributed by atoms with Gasteiger partial charge in [0.05, 0.1) is 7.11 Å². The van der Waals surface area contributed by atoms with Gasteiger partial charge in [-0.1, -0.05) is 50.1 Å². The second kappa shape index (κ2) is 11.4. The van der Waals surface area contributed by atoms with Gasteiger partial charge >= 0.3 is 5.97 Å². The monoisotopic (exact) mass is 410 g/mol. The molecule has 0 spiro atoms. The first-order valence-electron chi connectivity index (χ1n) is 9.70. The van der Waals surface area contributed by atoms with Gasteiger partial charge in [-0.15, -0.1) is 0 Å². The van der Waals surface area contributed by atoms with E-state index in [0.29, 0.717) is 29.7 Å². The number of rotatable bonds is 10. The third-order valence-corrected chi connectivity index (χ3v) is 4.41. The van der Waals surface area contributed by atoms with E-state index in [9.17, 15) is 19.5 Å². The van der Waals surface area contributed by atoms with Gasteiger partial charge in [0.25, 0.3) is 11.8 Å². The zero-order valence-corrected chi connectivity index (χ0v) is 17.1. The van der Waals surface area contributed by atoms with Crippen LogP contribution in [-0.2, 0) is 9.59 Å². The van der Waals surface area contributed by atoms with Crippen molar-refractivity contribution < 1.29 is 24.2 Å². The molecule has 7 nitrogen and oxygen atoms in total. The van der Waals surface area contributed by atoms with E-state index < -0.39 is 23.8 Å². The average Bonchev–Trinajstić information content (AvgIpc) is 2.76. The maximum Gasteiger partial charge on any atom is 0.326 e. The van der Waals surface area contributed by atoms with Crippen LogP contribution >= 0.6 is 0 Å². The van der Waals surface area contributed by atoms with Crippen LogP contribution in [-0.4, -0.2) is 36.0 Å². The Hall–Kier alpha value is -3.61. The average molecular weight is 410 g/mol. The second-order valence-electron chi connectivity index (χ2n) is 6.66. The summed E-state index contributed by atoms with van der Waals surface area (Å²) >= 11 is 0. The highest BCUT2D eigenvalue weighted by molar-refractivity contribution is 6.06.